The molecule has 0 bridgehead atoms. The van der Waals surface area contributed by atoms with E-state index in [1.807, 2.05) is 18.2 Å². The van der Waals surface area contributed by atoms with Crippen LogP contribution >= 0.6 is 0 Å². The van der Waals surface area contributed by atoms with Crippen LogP contribution in [0.25, 0.3) is 0 Å². The van der Waals surface area contributed by atoms with Crippen LogP contribution in [0, 0.1) is 0 Å². The summed E-state index contributed by atoms with van der Waals surface area (Å²) in [4.78, 5) is 23.6. The number of nitrogens with one attached hydrogen (secondary N) is 2. The van der Waals surface area contributed by atoms with Crippen LogP contribution < -0.4 is 10.6 Å². The first-order valence-corrected chi connectivity index (χ1v) is 7.75. The second-order valence-corrected chi connectivity index (χ2v) is 5.72. The van der Waals surface area contributed by atoms with Crippen LogP contribution in [0.4, 0.5) is 0 Å². The molecule has 0 heterocycles. The van der Waals surface area contributed by atoms with E-state index in [1.54, 1.807) is 24.3 Å². The average molecular weight is 310 g/mol. The molecule has 2 rings (SSSR count). The summed E-state index contributed by atoms with van der Waals surface area (Å²) >= 11 is 0. The number of hydrogen-bond acceptors (Lipinski definition) is 2. The first-order valence-electron chi connectivity index (χ1n) is 7.75. The van der Waals surface area contributed by atoms with Crippen molar-refractivity contribution in [1.29, 1.82) is 0 Å². The molecule has 0 aliphatic carbocycles. The highest BCUT2D eigenvalue weighted by molar-refractivity contribution is 5.96. The Bertz CT molecular complexity index is 649. The summed E-state index contributed by atoms with van der Waals surface area (Å²) in [6.07, 6.45) is 0. The van der Waals surface area contributed by atoms with Gasteiger partial charge in [-0.15, -0.1) is 0 Å². The smallest absolute Gasteiger partial charge is 0.251 e. The van der Waals surface area contributed by atoms with Gasteiger partial charge >= 0.3 is 0 Å². The van der Waals surface area contributed by atoms with Crippen LogP contribution in [0.1, 0.15) is 41.3 Å². The summed E-state index contributed by atoms with van der Waals surface area (Å²) in [7, 11) is 0. The van der Waals surface area contributed by atoms with Gasteiger partial charge in [-0.2, -0.15) is 0 Å². The van der Waals surface area contributed by atoms with E-state index in [-0.39, 0.29) is 18.4 Å². The third-order valence-electron chi connectivity index (χ3n) is 3.58. The predicted octanol–water partition coefficient (Wildman–Crippen LogP) is 2.86. The topological polar surface area (TPSA) is 58.2 Å². The van der Waals surface area contributed by atoms with E-state index < -0.39 is 0 Å². The second kappa shape index (κ2) is 8.13. The zero-order chi connectivity index (χ0) is 16.7. The molecule has 4 heteroatoms. The molecule has 2 aromatic rings. The van der Waals surface area contributed by atoms with Crippen LogP contribution in [0.15, 0.2) is 54.6 Å². The van der Waals surface area contributed by atoms with Crippen LogP contribution in [-0.4, -0.2) is 18.4 Å². The van der Waals surface area contributed by atoms with Crippen molar-refractivity contribution in [2.45, 2.75) is 26.3 Å². The molecule has 0 fully saturated rings. The normalized spacial score (nSPS) is 10.4. The largest absolute Gasteiger partial charge is 0.350 e. The van der Waals surface area contributed by atoms with Crippen molar-refractivity contribution in [1.82, 2.24) is 10.6 Å². The Morgan fingerprint density at radius 1 is 0.913 bits per heavy atom. The number of rotatable bonds is 6. The van der Waals surface area contributed by atoms with Gasteiger partial charge in [-0.3, -0.25) is 9.59 Å². The fourth-order valence-electron chi connectivity index (χ4n) is 2.14. The Morgan fingerprint density at radius 2 is 1.57 bits per heavy atom. The lowest BCUT2D eigenvalue weighted by atomic mass is 10.0. The molecular formula is C19H22N2O2. The van der Waals surface area contributed by atoms with Crippen molar-refractivity contribution in [2.24, 2.45) is 0 Å². The van der Waals surface area contributed by atoms with Crippen molar-refractivity contribution >= 4 is 11.8 Å². The molecule has 0 aromatic heterocycles. The number of amides is 2. The maximum absolute atomic E-state index is 11.8. The first-order chi connectivity index (χ1) is 11.1. The summed E-state index contributed by atoms with van der Waals surface area (Å²) in [6.45, 7) is 4.72. The summed E-state index contributed by atoms with van der Waals surface area (Å²) in [5.74, 6) is 0.0380. The third kappa shape index (κ3) is 5.25. The summed E-state index contributed by atoms with van der Waals surface area (Å²) in [6, 6.07) is 17.0. The summed E-state index contributed by atoms with van der Waals surface area (Å²) in [5, 5.41) is 5.41. The Balaban J connectivity index is 1.76. The van der Waals surface area contributed by atoms with Gasteiger partial charge in [0.1, 0.15) is 0 Å². The van der Waals surface area contributed by atoms with Crippen molar-refractivity contribution in [3.63, 3.8) is 0 Å². The minimum Gasteiger partial charge on any atom is -0.350 e. The SMILES string of the molecule is CC(C)c1ccc(CNC(=O)CNC(=O)c2ccccc2)cc1. The molecule has 0 unspecified atom stereocenters. The molecule has 0 atom stereocenters. The fraction of sp³-hybridized carbons (Fsp3) is 0.263. The fourth-order valence-corrected chi connectivity index (χ4v) is 2.14. The predicted molar refractivity (Wildman–Crippen MR) is 91.2 cm³/mol. The zero-order valence-electron chi connectivity index (χ0n) is 13.5. The van der Waals surface area contributed by atoms with E-state index in [0.29, 0.717) is 18.0 Å². The minimum atomic E-state index is -0.248. The third-order valence-corrected chi connectivity index (χ3v) is 3.58. The molecule has 23 heavy (non-hydrogen) atoms. The van der Waals surface area contributed by atoms with Gasteiger partial charge in [0.2, 0.25) is 5.91 Å². The van der Waals surface area contributed by atoms with Gasteiger partial charge in [0.15, 0.2) is 0 Å². The molecule has 120 valence electrons. The van der Waals surface area contributed by atoms with Gasteiger partial charge < -0.3 is 10.6 Å². The van der Waals surface area contributed by atoms with Gasteiger partial charge in [-0.25, -0.2) is 0 Å². The molecular weight excluding hydrogens is 288 g/mol. The number of benzene rings is 2. The second-order valence-electron chi connectivity index (χ2n) is 5.72. The van der Waals surface area contributed by atoms with Crippen LogP contribution in [0.5, 0.6) is 0 Å². The highest BCUT2D eigenvalue weighted by atomic mass is 16.2. The zero-order valence-corrected chi connectivity index (χ0v) is 13.5. The van der Waals surface area contributed by atoms with Crippen LogP contribution in [-0.2, 0) is 11.3 Å². The average Bonchev–Trinajstić information content (AvgIpc) is 2.59. The van der Waals surface area contributed by atoms with E-state index in [2.05, 4.69) is 36.6 Å². The highest BCUT2D eigenvalue weighted by Gasteiger charge is 2.07. The van der Waals surface area contributed by atoms with Gasteiger partial charge in [-0.1, -0.05) is 56.3 Å². The molecule has 0 saturated carbocycles. The quantitative estimate of drug-likeness (QED) is 0.862. The lowest BCUT2D eigenvalue weighted by Gasteiger charge is -2.09. The molecule has 2 N–H and O–H groups in total. The summed E-state index contributed by atoms with van der Waals surface area (Å²) < 4.78 is 0. The van der Waals surface area contributed by atoms with Crippen molar-refractivity contribution in [2.75, 3.05) is 6.54 Å². The summed E-state index contributed by atoms with van der Waals surface area (Å²) in [5.41, 5.74) is 2.86. The molecule has 0 aliphatic heterocycles. The molecule has 0 saturated heterocycles. The lowest BCUT2D eigenvalue weighted by Crippen LogP contribution is -2.36. The molecule has 0 radical (unpaired) electrons. The Hall–Kier alpha value is -2.62. The van der Waals surface area contributed by atoms with E-state index in [9.17, 15) is 9.59 Å². The van der Waals surface area contributed by atoms with Crippen LogP contribution in [0.2, 0.25) is 0 Å². The van der Waals surface area contributed by atoms with E-state index in [1.165, 1.54) is 5.56 Å². The Labute approximate surface area is 136 Å². The van der Waals surface area contributed by atoms with E-state index >= 15 is 0 Å². The lowest BCUT2D eigenvalue weighted by molar-refractivity contribution is -0.120. The van der Waals surface area contributed by atoms with Crippen molar-refractivity contribution in [3.05, 3.63) is 71.3 Å². The standard InChI is InChI=1S/C19H22N2O2/c1-14(2)16-10-8-15(9-11-16)12-20-18(22)13-21-19(23)17-6-4-3-5-7-17/h3-11,14H,12-13H2,1-2H3,(H,20,22)(H,21,23). The maximum atomic E-state index is 11.8. The maximum Gasteiger partial charge on any atom is 0.251 e. The molecule has 2 amide bonds. The van der Waals surface area contributed by atoms with Gasteiger partial charge in [0, 0.05) is 12.1 Å². The molecule has 0 aliphatic rings. The first kappa shape index (κ1) is 16.7. The monoisotopic (exact) mass is 310 g/mol. The van der Waals surface area contributed by atoms with E-state index in [4.69, 9.17) is 0 Å². The minimum absolute atomic E-state index is 0.0300. The molecule has 0 spiro atoms. The number of carbonyl (C=O) groups excluding carboxylic acids is 2. The number of carbonyl (C=O) groups is 2. The van der Waals surface area contributed by atoms with Crippen molar-refractivity contribution in [3.8, 4) is 0 Å². The van der Waals surface area contributed by atoms with Crippen LogP contribution in [0.3, 0.4) is 0 Å². The van der Waals surface area contributed by atoms with Gasteiger partial charge in [-0.05, 0) is 29.2 Å². The Kier molecular flexibility index (Phi) is 5.92. The van der Waals surface area contributed by atoms with Crippen molar-refractivity contribution < 1.29 is 9.59 Å². The highest BCUT2D eigenvalue weighted by Crippen LogP contribution is 2.14. The van der Waals surface area contributed by atoms with Gasteiger partial charge in [0.25, 0.3) is 5.91 Å². The number of hydrogen-bond donors (Lipinski definition) is 2. The Morgan fingerprint density at radius 3 is 2.17 bits per heavy atom. The molecule has 2 aromatic carbocycles. The molecule has 4 nitrogen and oxygen atoms in total. The van der Waals surface area contributed by atoms with Gasteiger partial charge in [0.05, 0.1) is 6.54 Å². The van der Waals surface area contributed by atoms with E-state index in [0.717, 1.165) is 5.56 Å².